The third-order valence-corrected chi connectivity index (χ3v) is 4.41. The highest BCUT2D eigenvalue weighted by atomic mass is 35.5. The van der Waals surface area contributed by atoms with Gasteiger partial charge in [-0.15, -0.1) is 0 Å². The van der Waals surface area contributed by atoms with E-state index in [1.165, 1.54) is 0 Å². The van der Waals surface area contributed by atoms with Gasteiger partial charge >= 0.3 is 5.97 Å². The van der Waals surface area contributed by atoms with Crippen LogP contribution in [0.15, 0.2) is 6.07 Å². The van der Waals surface area contributed by atoms with Crippen molar-refractivity contribution in [1.29, 1.82) is 0 Å². The van der Waals surface area contributed by atoms with E-state index in [1.54, 1.807) is 0 Å². The van der Waals surface area contributed by atoms with Gasteiger partial charge in [0.1, 0.15) is 0 Å². The zero-order valence-corrected chi connectivity index (χ0v) is 12.3. The van der Waals surface area contributed by atoms with Crippen molar-refractivity contribution < 1.29 is 19.4 Å². The van der Waals surface area contributed by atoms with Gasteiger partial charge < -0.3 is 14.6 Å². The van der Waals surface area contributed by atoms with Gasteiger partial charge in [-0.1, -0.05) is 25.4 Å². The maximum atomic E-state index is 11.1. The molecule has 1 aromatic rings. The minimum Gasteiger partial charge on any atom is -0.481 e. The van der Waals surface area contributed by atoms with E-state index >= 15 is 0 Å². The maximum Gasteiger partial charge on any atom is 0.304 e. The summed E-state index contributed by atoms with van der Waals surface area (Å²) in [5, 5.41) is 9.66. The summed E-state index contributed by atoms with van der Waals surface area (Å²) in [6, 6.07) is 1.88. The van der Waals surface area contributed by atoms with Crippen LogP contribution < -0.4 is 9.47 Å². The van der Waals surface area contributed by atoms with E-state index in [0.717, 1.165) is 24.0 Å². The molecule has 1 saturated carbocycles. The van der Waals surface area contributed by atoms with Crippen LogP contribution in [0, 0.1) is 0 Å². The molecule has 0 atom stereocenters. The molecule has 1 aliphatic carbocycles. The van der Waals surface area contributed by atoms with Crippen LogP contribution in [0.2, 0.25) is 5.02 Å². The number of ether oxygens (including phenoxy) is 2. The molecule has 1 heterocycles. The van der Waals surface area contributed by atoms with Crippen molar-refractivity contribution in [3.63, 3.8) is 0 Å². The van der Waals surface area contributed by atoms with Gasteiger partial charge in [0.05, 0.1) is 11.4 Å². The van der Waals surface area contributed by atoms with E-state index in [0.29, 0.717) is 16.5 Å². The van der Waals surface area contributed by atoms with E-state index in [1.807, 2.05) is 6.07 Å². The molecule has 1 fully saturated rings. The zero-order valence-electron chi connectivity index (χ0n) is 11.5. The summed E-state index contributed by atoms with van der Waals surface area (Å²) >= 11 is 6.27. The molecule has 5 heteroatoms. The molecule has 0 spiro atoms. The monoisotopic (exact) mass is 296 g/mol. The van der Waals surface area contributed by atoms with Gasteiger partial charge in [0.15, 0.2) is 11.5 Å². The van der Waals surface area contributed by atoms with Gasteiger partial charge in [-0.3, -0.25) is 4.79 Å². The third kappa shape index (κ3) is 2.03. The Bertz CT molecular complexity index is 576. The van der Waals surface area contributed by atoms with Crippen molar-refractivity contribution >= 4 is 17.6 Å². The van der Waals surface area contributed by atoms with Crippen LogP contribution in [-0.2, 0) is 10.2 Å². The lowest BCUT2D eigenvalue weighted by Gasteiger charge is -2.22. The first-order valence-corrected chi connectivity index (χ1v) is 7.17. The highest BCUT2D eigenvalue weighted by molar-refractivity contribution is 6.32. The molecular formula is C15H17ClO4. The molecule has 0 saturated heterocycles. The van der Waals surface area contributed by atoms with Crippen LogP contribution in [0.1, 0.15) is 50.2 Å². The lowest BCUT2D eigenvalue weighted by atomic mass is 9.84. The Labute approximate surface area is 122 Å². The average molecular weight is 297 g/mol. The quantitative estimate of drug-likeness (QED) is 0.920. The molecule has 0 radical (unpaired) electrons. The van der Waals surface area contributed by atoms with Crippen molar-refractivity contribution in [2.75, 3.05) is 6.79 Å². The van der Waals surface area contributed by atoms with Gasteiger partial charge in [-0.2, -0.15) is 0 Å². The summed E-state index contributed by atoms with van der Waals surface area (Å²) in [5.74, 6) is 0.736. The van der Waals surface area contributed by atoms with Gasteiger partial charge in [0.2, 0.25) is 6.79 Å². The fourth-order valence-corrected chi connectivity index (χ4v) is 3.29. The Hall–Kier alpha value is -1.42. The number of rotatable bonds is 4. The van der Waals surface area contributed by atoms with Gasteiger partial charge in [-0.05, 0) is 30.4 Å². The van der Waals surface area contributed by atoms with E-state index < -0.39 is 5.97 Å². The van der Waals surface area contributed by atoms with E-state index in [4.69, 9.17) is 26.2 Å². The predicted octanol–water partition coefficient (Wildman–Crippen LogP) is 3.70. The number of aliphatic carboxylic acids is 1. The van der Waals surface area contributed by atoms with Crippen molar-refractivity contribution in [3.8, 4) is 11.5 Å². The van der Waals surface area contributed by atoms with Crippen molar-refractivity contribution in [2.45, 2.75) is 44.4 Å². The second kappa shape index (κ2) is 4.55. The summed E-state index contributed by atoms with van der Waals surface area (Å²) in [6.07, 6.45) is 1.91. The molecule has 0 unspecified atom stereocenters. The Morgan fingerprint density at radius 1 is 1.40 bits per heavy atom. The normalized spacial score (nSPS) is 18.4. The summed E-state index contributed by atoms with van der Waals surface area (Å²) in [5.41, 5.74) is 1.78. The number of halogens is 1. The second-order valence-corrected chi connectivity index (χ2v) is 6.30. The maximum absolute atomic E-state index is 11.1. The standard InChI is InChI=1S/C15H17ClO4/c1-8(2)12-9(15(3-4-15)6-11(17)18)5-10(16)13-14(12)20-7-19-13/h5,8H,3-4,6-7H2,1-2H3,(H,17,18). The lowest BCUT2D eigenvalue weighted by molar-refractivity contribution is -0.137. The summed E-state index contributed by atoms with van der Waals surface area (Å²) in [7, 11) is 0. The topological polar surface area (TPSA) is 55.8 Å². The fourth-order valence-electron chi connectivity index (χ4n) is 3.04. The molecule has 1 aromatic carbocycles. The average Bonchev–Trinajstić information content (AvgIpc) is 2.95. The van der Waals surface area contributed by atoms with Gasteiger partial charge in [0.25, 0.3) is 0 Å². The van der Waals surface area contributed by atoms with Crippen molar-refractivity contribution in [2.24, 2.45) is 0 Å². The first-order valence-electron chi connectivity index (χ1n) is 6.79. The molecule has 20 heavy (non-hydrogen) atoms. The molecule has 0 bridgehead atoms. The molecular weight excluding hydrogens is 280 g/mol. The number of fused-ring (bicyclic) bond motifs is 1. The van der Waals surface area contributed by atoms with Crippen LogP contribution in [0.4, 0.5) is 0 Å². The number of hydrogen-bond donors (Lipinski definition) is 1. The second-order valence-electron chi connectivity index (χ2n) is 5.89. The third-order valence-electron chi connectivity index (χ3n) is 4.13. The minimum absolute atomic E-state index is 0.142. The molecule has 1 aliphatic heterocycles. The molecule has 2 aliphatic rings. The van der Waals surface area contributed by atoms with Crippen LogP contribution in [0.25, 0.3) is 0 Å². The molecule has 108 valence electrons. The first-order chi connectivity index (χ1) is 9.44. The van der Waals surface area contributed by atoms with Crippen LogP contribution >= 0.6 is 11.6 Å². The smallest absolute Gasteiger partial charge is 0.304 e. The fraction of sp³-hybridized carbons (Fsp3) is 0.533. The molecule has 1 N–H and O–H groups in total. The SMILES string of the molecule is CC(C)c1c(C2(CC(=O)O)CC2)cc(Cl)c2c1OCO2. The molecule has 0 aromatic heterocycles. The van der Waals surface area contributed by atoms with Crippen molar-refractivity contribution in [1.82, 2.24) is 0 Å². The van der Waals surface area contributed by atoms with Crippen molar-refractivity contribution in [3.05, 3.63) is 22.2 Å². The van der Waals surface area contributed by atoms with Gasteiger partial charge in [0, 0.05) is 11.0 Å². The first kappa shape index (κ1) is 13.6. The Balaban J connectivity index is 2.16. The van der Waals surface area contributed by atoms with E-state index in [9.17, 15) is 4.79 Å². The Morgan fingerprint density at radius 3 is 2.60 bits per heavy atom. The van der Waals surface area contributed by atoms with Crippen LogP contribution in [0.5, 0.6) is 11.5 Å². The summed E-state index contributed by atoms with van der Waals surface area (Å²) in [4.78, 5) is 11.1. The number of carboxylic acid groups (broad SMARTS) is 1. The lowest BCUT2D eigenvalue weighted by Crippen LogP contribution is -2.16. The number of hydrogen-bond acceptors (Lipinski definition) is 3. The highest BCUT2D eigenvalue weighted by Gasteiger charge is 2.49. The summed E-state index contributed by atoms with van der Waals surface area (Å²) < 4.78 is 11.0. The Morgan fingerprint density at radius 2 is 2.05 bits per heavy atom. The number of carbonyl (C=O) groups is 1. The largest absolute Gasteiger partial charge is 0.481 e. The van der Waals surface area contributed by atoms with E-state index in [2.05, 4.69) is 13.8 Å². The number of benzene rings is 1. The van der Waals surface area contributed by atoms with Crippen LogP contribution in [-0.4, -0.2) is 17.9 Å². The summed E-state index contributed by atoms with van der Waals surface area (Å²) in [6.45, 7) is 4.32. The zero-order chi connectivity index (χ0) is 14.5. The van der Waals surface area contributed by atoms with E-state index in [-0.39, 0.29) is 24.5 Å². The van der Waals surface area contributed by atoms with Crippen LogP contribution in [0.3, 0.4) is 0 Å². The minimum atomic E-state index is -0.772. The number of carboxylic acids is 1. The molecule has 4 nitrogen and oxygen atoms in total. The molecule has 3 rings (SSSR count). The Kier molecular flexibility index (Phi) is 3.09. The highest BCUT2D eigenvalue weighted by Crippen LogP contribution is 2.57. The predicted molar refractivity (Wildman–Crippen MR) is 74.8 cm³/mol. The van der Waals surface area contributed by atoms with Gasteiger partial charge in [-0.25, -0.2) is 0 Å². The molecule has 0 amide bonds.